The van der Waals surface area contributed by atoms with Crippen LogP contribution in [-0.2, 0) is 4.74 Å². The molecule has 3 nitrogen and oxygen atoms in total. The highest BCUT2D eigenvalue weighted by Gasteiger charge is 2.30. The van der Waals surface area contributed by atoms with Crippen molar-refractivity contribution in [3.8, 4) is 5.75 Å². The molecule has 16 heavy (non-hydrogen) atoms. The van der Waals surface area contributed by atoms with Crippen LogP contribution in [0.25, 0.3) is 0 Å². The van der Waals surface area contributed by atoms with Gasteiger partial charge in [-0.05, 0) is 32.0 Å². The van der Waals surface area contributed by atoms with Crippen LogP contribution in [-0.4, -0.2) is 25.6 Å². The van der Waals surface area contributed by atoms with E-state index in [1.165, 1.54) is 14.2 Å². The van der Waals surface area contributed by atoms with Gasteiger partial charge in [0.1, 0.15) is 11.4 Å². The lowest BCUT2D eigenvalue weighted by Gasteiger charge is -2.22. The van der Waals surface area contributed by atoms with Crippen LogP contribution >= 0.6 is 11.6 Å². The molecule has 0 N–H and O–H groups in total. The lowest BCUT2D eigenvalue weighted by atomic mass is 9.96. The minimum Gasteiger partial charge on any atom is -0.496 e. The molecule has 88 valence electrons. The number of ether oxygens (including phenoxy) is 2. The standard InChI is InChI=1S/C12H15ClO3/c1-12(2,16-4)11(14)9-7-8(13)5-6-10(9)15-3/h5-7H,1-4H3. The fraction of sp³-hybridized carbons (Fsp3) is 0.417. The zero-order valence-corrected chi connectivity index (χ0v) is 10.6. The Hall–Kier alpha value is -1.06. The van der Waals surface area contributed by atoms with Crippen LogP contribution in [0.1, 0.15) is 24.2 Å². The van der Waals surface area contributed by atoms with E-state index in [9.17, 15) is 4.79 Å². The maximum absolute atomic E-state index is 12.2. The largest absolute Gasteiger partial charge is 0.496 e. The average molecular weight is 243 g/mol. The number of rotatable bonds is 4. The SMILES string of the molecule is COc1ccc(Cl)cc1C(=O)C(C)(C)OC. The smallest absolute Gasteiger partial charge is 0.197 e. The fourth-order valence-corrected chi connectivity index (χ4v) is 1.45. The molecule has 0 unspecified atom stereocenters. The molecule has 0 aliphatic rings. The number of methoxy groups -OCH3 is 2. The minimum atomic E-state index is -0.891. The summed E-state index contributed by atoms with van der Waals surface area (Å²) >= 11 is 5.86. The minimum absolute atomic E-state index is 0.158. The molecule has 0 fully saturated rings. The van der Waals surface area contributed by atoms with Gasteiger partial charge in [-0.15, -0.1) is 0 Å². The second-order valence-corrected chi connectivity index (χ2v) is 4.32. The molecule has 0 spiro atoms. The van der Waals surface area contributed by atoms with Crippen LogP contribution in [0.3, 0.4) is 0 Å². The first-order valence-corrected chi connectivity index (χ1v) is 5.23. The van der Waals surface area contributed by atoms with Crippen LogP contribution in [0.4, 0.5) is 0 Å². The summed E-state index contributed by atoms with van der Waals surface area (Å²) in [6, 6.07) is 4.93. The fourth-order valence-electron chi connectivity index (χ4n) is 1.27. The zero-order valence-electron chi connectivity index (χ0n) is 9.83. The molecule has 1 rings (SSSR count). The Morgan fingerprint density at radius 1 is 1.31 bits per heavy atom. The summed E-state index contributed by atoms with van der Waals surface area (Å²) in [4.78, 5) is 12.2. The first kappa shape index (κ1) is 13.0. The molecule has 0 amide bonds. The molecule has 0 heterocycles. The third kappa shape index (κ3) is 2.54. The van der Waals surface area contributed by atoms with Gasteiger partial charge in [0.25, 0.3) is 0 Å². The number of benzene rings is 1. The van der Waals surface area contributed by atoms with Crippen molar-refractivity contribution in [1.29, 1.82) is 0 Å². The van der Waals surface area contributed by atoms with Crippen LogP contribution < -0.4 is 4.74 Å². The van der Waals surface area contributed by atoms with Crippen molar-refractivity contribution in [3.05, 3.63) is 28.8 Å². The number of carbonyl (C=O) groups is 1. The molecular formula is C12H15ClO3. The third-order valence-electron chi connectivity index (χ3n) is 2.46. The van der Waals surface area contributed by atoms with Gasteiger partial charge >= 0.3 is 0 Å². The predicted molar refractivity (Wildman–Crippen MR) is 63.4 cm³/mol. The van der Waals surface area contributed by atoms with E-state index in [2.05, 4.69) is 0 Å². The lowest BCUT2D eigenvalue weighted by molar-refractivity contribution is 0.0226. The highest BCUT2D eigenvalue weighted by molar-refractivity contribution is 6.31. The average Bonchev–Trinajstić information content (AvgIpc) is 2.28. The lowest BCUT2D eigenvalue weighted by Crippen LogP contribution is -2.34. The summed E-state index contributed by atoms with van der Waals surface area (Å²) < 4.78 is 10.3. The van der Waals surface area contributed by atoms with Gasteiger partial charge < -0.3 is 9.47 Å². The zero-order chi connectivity index (χ0) is 12.3. The monoisotopic (exact) mass is 242 g/mol. The number of hydrogen-bond acceptors (Lipinski definition) is 3. The third-order valence-corrected chi connectivity index (χ3v) is 2.70. The number of halogens is 1. The van der Waals surface area contributed by atoms with Crippen molar-refractivity contribution in [3.63, 3.8) is 0 Å². The molecule has 0 aromatic heterocycles. The number of carbonyl (C=O) groups excluding carboxylic acids is 1. The van der Waals surface area contributed by atoms with E-state index in [0.717, 1.165) is 0 Å². The van der Waals surface area contributed by atoms with Crippen molar-refractivity contribution < 1.29 is 14.3 Å². The van der Waals surface area contributed by atoms with Crippen molar-refractivity contribution in [2.45, 2.75) is 19.4 Å². The van der Waals surface area contributed by atoms with Gasteiger partial charge in [-0.1, -0.05) is 11.6 Å². The summed E-state index contributed by atoms with van der Waals surface area (Å²) in [5.74, 6) is 0.342. The van der Waals surface area contributed by atoms with Crippen LogP contribution in [0, 0.1) is 0 Å². The molecule has 0 bridgehead atoms. The Balaban J connectivity index is 3.21. The molecule has 0 aliphatic heterocycles. The van der Waals surface area contributed by atoms with Gasteiger partial charge in [0.15, 0.2) is 5.78 Å². The van der Waals surface area contributed by atoms with E-state index in [0.29, 0.717) is 16.3 Å². The number of Topliss-reactive ketones (excluding diaryl/α,β-unsaturated/α-hetero) is 1. The van der Waals surface area contributed by atoms with Crippen molar-refractivity contribution in [2.24, 2.45) is 0 Å². The van der Waals surface area contributed by atoms with E-state index in [-0.39, 0.29) is 5.78 Å². The summed E-state index contributed by atoms with van der Waals surface area (Å²) in [5.41, 5.74) is -0.459. The molecular weight excluding hydrogens is 228 g/mol. The second kappa shape index (κ2) is 4.85. The Bertz CT molecular complexity index is 399. The van der Waals surface area contributed by atoms with E-state index >= 15 is 0 Å². The van der Waals surface area contributed by atoms with Gasteiger partial charge in [-0.25, -0.2) is 0 Å². The van der Waals surface area contributed by atoms with Gasteiger partial charge in [0.2, 0.25) is 0 Å². The number of ketones is 1. The van der Waals surface area contributed by atoms with E-state index in [1.54, 1.807) is 32.0 Å². The van der Waals surface area contributed by atoms with Gasteiger partial charge in [-0.3, -0.25) is 4.79 Å². The second-order valence-electron chi connectivity index (χ2n) is 3.89. The molecule has 0 saturated carbocycles. The molecule has 1 aromatic rings. The first-order chi connectivity index (χ1) is 7.42. The summed E-state index contributed by atoms with van der Waals surface area (Å²) in [6.45, 7) is 3.41. The highest BCUT2D eigenvalue weighted by atomic mass is 35.5. The van der Waals surface area contributed by atoms with Crippen molar-refractivity contribution in [1.82, 2.24) is 0 Å². The van der Waals surface area contributed by atoms with Crippen LogP contribution in [0.15, 0.2) is 18.2 Å². The van der Waals surface area contributed by atoms with E-state index in [1.807, 2.05) is 0 Å². The van der Waals surface area contributed by atoms with Crippen LogP contribution in [0.5, 0.6) is 5.75 Å². The molecule has 0 atom stereocenters. The van der Waals surface area contributed by atoms with Crippen molar-refractivity contribution >= 4 is 17.4 Å². The molecule has 0 radical (unpaired) electrons. The summed E-state index contributed by atoms with van der Waals surface area (Å²) in [7, 11) is 3.01. The molecule has 0 aliphatic carbocycles. The Morgan fingerprint density at radius 3 is 2.44 bits per heavy atom. The van der Waals surface area contributed by atoms with E-state index in [4.69, 9.17) is 21.1 Å². The maximum Gasteiger partial charge on any atom is 0.197 e. The normalized spacial score (nSPS) is 11.3. The Morgan fingerprint density at radius 2 is 1.94 bits per heavy atom. The Kier molecular flexibility index (Phi) is 3.94. The maximum atomic E-state index is 12.2. The molecule has 4 heteroatoms. The molecule has 0 saturated heterocycles. The topological polar surface area (TPSA) is 35.5 Å². The summed E-state index contributed by atoms with van der Waals surface area (Å²) in [6.07, 6.45) is 0. The Labute approximate surface area is 100 Å². The van der Waals surface area contributed by atoms with E-state index < -0.39 is 5.60 Å². The predicted octanol–water partition coefficient (Wildman–Crippen LogP) is 2.96. The van der Waals surface area contributed by atoms with Crippen LogP contribution in [0.2, 0.25) is 5.02 Å². The quantitative estimate of drug-likeness (QED) is 0.762. The van der Waals surface area contributed by atoms with Gasteiger partial charge in [0.05, 0.1) is 12.7 Å². The highest BCUT2D eigenvalue weighted by Crippen LogP contribution is 2.27. The molecule has 1 aromatic carbocycles. The van der Waals surface area contributed by atoms with Gasteiger partial charge in [-0.2, -0.15) is 0 Å². The summed E-state index contributed by atoms with van der Waals surface area (Å²) in [5, 5.41) is 0.496. The van der Waals surface area contributed by atoms with Crippen molar-refractivity contribution in [2.75, 3.05) is 14.2 Å². The van der Waals surface area contributed by atoms with Gasteiger partial charge in [0, 0.05) is 12.1 Å². The first-order valence-electron chi connectivity index (χ1n) is 4.86. The number of hydrogen-bond donors (Lipinski definition) is 0.